The van der Waals surface area contributed by atoms with Crippen LogP contribution in [0.3, 0.4) is 0 Å². The first-order chi connectivity index (χ1) is 6.89. The fourth-order valence-electron chi connectivity index (χ4n) is 1.65. The van der Waals surface area contributed by atoms with Gasteiger partial charge in [0.25, 0.3) is 0 Å². The first-order valence-electron chi connectivity index (χ1n) is 5.03. The van der Waals surface area contributed by atoms with Crippen LogP contribution in [0.15, 0.2) is 0 Å². The minimum Gasteiger partial charge on any atom is -0.327 e. The van der Waals surface area contributed by atoms with Gasteiger partial charge >= 0.3 is 0 Å². The molecular weight excluding hydrogens is 214 g/mol. The Kier molecular flexibility index (Phi) is 3.71. The summed E-state index contributed by atoms with van der Waals surface area (Å²) in [6, 6.07) is 1.83. The van der Waals surface area contributed by atoms with Gasteiger partial charge in [-0.15, -0.1) is 0 Å². The van der Waals surface area contributed by atoms with Gasteiger partial charge in [-0.2, -0.15) is 5.26 Å². The molecule has 3 unspecified atom stereocenters. The van der Waals surface area contributed by atoms with Crippen LogP contribution in [0.5, 0.6) is 0 Å². The van der Waals surface area contributed by atoms with Gasteiger partial charge in [-0.05, 0) is 19.3 Å². The molecule has 2 N–H and O–H groups in total. The van der Waals surface area contributed by atoms with Crippen molar-refractivity contribution >= 4 is 10.0 Å². The van der Waals surface area contributed by atoms with E-state index >= 15 is 0 Å². The maximum Gasteiger partial charge on any atom is 0.230 e. The Hall–Kier alpha value is -0.640. The number of nitrogens with two attached hydrogens (primary N) is 1. The zero-order valence-electron chi connectivity index (χ0n) is 9.05. The molecule has 1 saturated heterocycles. The van der Waals surface area contributed by atoms with Crippen molar-refractivity contribution in [1.82, 2.24) is 4.31 Å². The van der Waals surface area contributed by atoms with Gasteiger partial charge in [-0.25, -0.2) is 12.7 Å². The second kappa shape index (κ2) is 4.47. The van der Waals surface area contributed by atoms with E-state index in [2.05, 4.69) is 0 Å². The Morgan fingerprint density at radius 3 is 2.67 bits per heavy atom. The summed E-state index contributed by atoms with van der Waals surface area (Å²) in [5, 5.41) is 7.67. The van der Waals surface area contributed by atoms with Crippen molar-refractivity contribution in [3.8, 4) is 6.07 Å². The lowest BCUT2D eigenvalue weighted by Crippen LogP contribution is -2.49. The molecule has 5 nitrogen and oxygen atoms in total. The molecule has 0 aromatic heterocycles. The average molecular weight is 231 g/mol. The summed E-state index contributed by atoms with van der Waals surface area (Å²) in [5.41, 5.74) is 5.81. The van der Waals surface area contributed by atoms with Crippen molar-refractivity contribution in [3.05, 3.63) is 0 Å². The van der Waals surface area contributed by atoms with E-state index in [1.807, 2.05) is 6.92 Å². The quantitative estimate of drug-likeness (QED) is 0.718. The van der Waals surface area contributed by atoms with Gasteiger partial charge in [0.2, 0.25) is 10.0 Å². The topological polar surface area (TPSA) is 87.2 Å². The molecule has 15 heavy (non-hydrogen) atoms. The lowest BCUT2D eigenvalue weighted by atomic mass is 9.96. The molecule has 0 saturated carbocycles. The molecule has 0 aliphatic carbocycles. The highest BCUT2D eigenvalue weighted by Gasteiger charge is 2.34. The fourth-order valence-corrected chi connectivity index (χ4v) is 3.03. The summed E-state index contributed by atoms with van der Waals surface area (Å²) in [7, 11) is -3.45. The largest absolute Gasteiger partial charge is 0.327 e. The van der Waals surface area contributed by atoms with E-state index in [1.165, 1.54) is 11.2 Å². The first-order valence-corrected chi connectivity index (χ1v) is 6.54. The number of nitrogens with zero attached hydrogens (tertiary/aromatic N) is 2. The van der Waals surface area contributed by atoms with E-state index in [-0.39, 0.29) is 12.0 Å². The monoisotopic (exact) mass is 231 g/mol. The van der Waals surface area contributed by atoms with Crippen molar-refractivity contribution in [2.45, 2.75) is 31.6 Å². The van der Waals surface area contributed by atoms with Crippen LogP contribution in [-0.4, -0.2) is 37.1 Å². The molecule has 86 valence electrons. The van der Waals surface area contributed by atoms with E-state index in [1.54, 1.807) is 6.07 Å². The Morgan fingerprint density at radius 1 is 1.60 bits per heavy atom. The first kappa shape index (κ1) is 12.4. The third-order valence-electron chi connectivity index (χ3n) is 2.92. The average Bonchev–Trinajstić information content (AvgIpc) is 2.20. The van der Waals surface area contributed by atoms with Crippen LogP contribution in [0.1, 0.15) is 20.3 Å². The van der Waals surface area contributed by atoms with Gasteiger partial charge in [0, 0.05) is 19.1 Å². The molecule has 1 aliphatic heterocycles. The van der Waals surface area contributed by atoms with Gasteiger partial charge in [0.15, 0.2) is 5.25 Å². The maximum atomic E-state index is 11.8. The summed E-state index contributed by atoms with van der Waals surface area (Å²) in [6.07, 6.45) is 0.665. The Balaban J connectivity index is 2.79. The van der Waals surface area contributed by atoms with Crippen LogP contribution in [0.2, 0.25) is 0 Å². The molecule has 1 heterocycles. The second-order valence-corrected chi connectivity index (χ2v) is 6.36. The van der Waals surface area contributed by atoms with E-state index in [4.69, 9.17) is 11.0 Å². The molecule has 0 aromatic carbocycles. The number of nitriles is 1. The van der Waals surface area contributed by atoms with E-state index in [9.17, 15) is 8.42 Å². The van der Waals surface area contributed by atoms with Crippen molar-refractivity contribution in [2.24, 2.45) is 11.7 Å². The SMILES string of the molecule is CC1CN(S(=O)(=O)C(C)C#N)CCC1N. The van der Waals surface area contributed by atoms with Crippen molar-refractivity contribution in [3.63, 3.8) is 0 Å². The van der Waals surface area contributed by atoms with E-state index in [0.29, 0.717) is 19.5 Å². The molecule has 1 fully saturated rings. The van der Waals surface area contributed by atoms with Crippen molar-refractivity contribution < 1.29 is 8.42 Å². The minimum atomic E-state index is -3.45. The highest BCUT2D eigenvalue weighted by atomic mass is 32.2. The number of piperidine rings is 1. The number of hydrogen-bond donors (Lipinski definition) is 1. The molecule has 0 aromatic rings. The lowest BCUT2D eigenvalue weighted by Gasteiger charge is -2.34. The third-order valence-corrected chi connectivity index (χ3v) is 4.97. The Bertz CT molecular complexity index is 360. The molecule has 6 heteroatoms. The molecule has 0 amide bonds. The minimum absolute atomic E-state index is 0.0637. The summed E-state index contributed by atoms with van der Waals surface area (Å²) >= 11 is 0. The molecule has 1 aliphatic rings. The number of rotatable bonds is 2. The van der Waals surface area contributed by atoms with Crippen LogP contribution in [-0.2, 0) is 10.0 Å². The molecule has 0 spiro atoms. The summed E-state index contributed by atoms with van der Waals surface area (Å²) in [4.78, 5) is 0. The van der Waals surface area contributed by atoms with Crippen LogP contribution in [0.4, 0.5) is 0 Å². The number of hydrogen-bond acceptors (Lipinski definition) is 4. The van der Waals surface area contributed by atoms with Crippen molar-refractivity contribution in [1.29, 1.82) is 5.26 Å². The summed E-state index contributed by atoms with van der Waals surface area (Å²) < 4.78 is 25.0. The molecular formula is C9H17N3O2S. The van der Waals surface area contributed by atoms with Gasteiger partial charge in [-0.1, -0.05) is 6.92 Å². The highest BCUT2D eigenvalue weighted by molar-refractivity contribution is 7.89. The van der Waals surface area contributed by atoms with Crippen molar-refractivity contribution in [2.75, 3.05) is 13.1 Å². The van der Waals surface area contributed by atoms with Crippen LogP contribution in [0.25, 0.3) is 0 Å². The molecule has 3 atom stereocenters. The lowest BCUT2D eigenvalue weighted by molar-refractivity contribution is 0.249. The van der Waals surface area contributed by atoms with Crippen LogP contribution in [0, 0.1) is 17.2 Å². The molecule has 1 rings (SSSR count). The predicted molar refractivity (Wildman–Crippen MR) is 57.3 cm³/mol. The van der Waals surface area contributed by atoms with E-state index in [0.717, 1.165) is 0 Å². The Labute approximate surface area is 90.9 Å². The van der Waals surface area contributed by atoms with Gasteiger partial charge < -0.3 is 5.73 Å². The normalized spacial score (nSPS) is 30.8. The van der Waals surface area contributed by atoms with E-state index < -0.39 is 15.3 Å². The maximum absolute atomic E-state index is 11.8. The number of sulfonamides is 1. The fraction of sp³-hybridized carbons (Fsp3) is 0.889. The predicted octanol–water partition coefficient (Wildman–Crippen LogP) is -0.103. The van der Waals surface area contributed by atoms with Gasteiger partial charge in [0.05, 0.1) is 6.07 Å². The molecule has 0 radical (unpaired) electrons. The second-order valence-electron chi connectivity index (χ2n) is 4.10. The Morgan fingerprint density at radius 2 is 2.20 bits per heavy atom. The summed E-state index contributed by atoms with van der Waals surface area (Å²) in [5.74, 6) is 0.152. The summed E-state index contributed by atoms with van der Waals surface area (Å²) in [6.45, 7) is 4.20. The highest BCUT2D eigenvalue weighted by Crippen LogP contribution is 2.20. The van der Waals surface area contributed by atoms with Gasteiger partial charge in [-0.3, -0.25) is 0 Å². The molecule has 0 bridgehead atoms. The van der Waals surface area contributed by atoms with Gasteiger partial charge in [0.1, 0.15) is 0 Å². The standard InChI is InChI=1S/C9H17N3O2S/c1-7-6-12(4-3-9(7)11)15(13,14)8(2)5-10/h7-9H,3-4,6,11H2,1-2H3. The van der Waals surface area contributed by atoms with Crippen LogP contribution < -0.4 is 5.73 Å². The van der Waals surface area contributed by atoms with Crippen LogP contribution >= 0.6 is 0 Å². The zero-order chi connectivity index (χ0) is 11.6. The smallest absolute Gasteiger partial charge is 0.230 e. The third kappa shape index (κ3) is 2.48. The zero-order valence-corrected chi connectivity index (χ0v) is 9.87.